The minimum absolute atomic E-state index is 0.256. The van der Waals surface area contributed by atoms with E-state index in [1.54, 1.807) is 54.7 Å². The first-order chi connectivity index (χ1) is 11.1. The lowest BCUT2D eigenvalue weighted by Gasteiger charge is -2.09. The van der Waals surface area contributed by atoms with E-state index in [1.807, 2.05) is 6.07 Å². The average molecular weight is 330 g/mol. The fourth-order valence-corrected chi connectivity index (χ4v) is 3.79. The van der Waals surface area contributed by atoms with Crippen LogP contribution in [0.2, 0.25) is 0 Å². The summed E-state index contributed by atoms with van der Waals surface area (Å²) < 4.78 is 32.6. The predicted molar refractivity (Wildman–Crippen MR) is 90.1 cm³/mol. The molecule has 0 fully saturated rings. The number of nitrogens with two attached hydrogens (primary N) is 1. The van der Waals surface area contributed by atoms with Crippen molar-refractivity contribution < 1.29 is 13.2 Å². The third-order valence-corrected chi connectivity index (χ3v) is 5.27. The summed E-state index contributed by atoms with van der Waals surface area (Å²) in [6.07, 6.45) is 2.31. The first kappa shape index (κ1) is 15.6. The molecule has 3 rings (SSSR count). The first-order valence-electron chi connectivity index (χ1n) is 7.38. The molecule has 1 heterocycles. The van der Waals surface area contributed by atoms with Crippen molar-refractivity contribution in [1.29, 1.82) is 0 Å². The van der Waals surface area contributed by atoms with E-state index >= 15 is 0 Å². The summed E-state index contributed by atoms with van der Waals surface area (Å²) in [5, 5.41) is 0.768. The molecule has 0 radical (unpaired) electrons. The van der Waals surface area contributed by atoms with Gasteiger partial charge in [-0.3, -0.25) is 0 Å². The third kappa shape index (κ3) is 2.95. The lowest BCUT2D eigenvalue weighted by atomic mass is 10.2. The number of benzene rings is 2. The summed E-state index contributed by atoms with van der Waals surface area (Å²) in [5.74, 6) is 0.665. The second-order valence-corrected chi connectivity index (χ2v) is 6.92. The fourth-order valence-electron chi connectivity index (χ4n) is 2.42. The number of hydrogen-bond acceptors (Lipinski definition) is 4. The monoisotopic (exact) mass is 330 g/mol. The van der Waals surface area contributed by atoms with Gasteiger partial charge in [0.05, 0.1) is 17.0 Å². The number of rotatable bonds is 6. The topological polar surface area (TPSA) is 74.3 Å². The zero-order chi connectivity index (χ0) is 16.3. The molecule has 3 aromatic rings. The number of aromatic nitrogens is 1. The van der Waals surface area contributed by atoms with Gasteiger partial charge in [0.25, 0.3) is 10.0 Å². The second-order valence-electron chi connectivity index (χ2n) is 5.11. The van der Waals surface area contributed by atoms with Crippen molar-refractivity contribution in [3.05, 3.63) is 60.8 Å². The summed E-state index contributed by atoms with van der Waals surface area (Å²) >= 11 is 0. The molecule has 5 nitrogen and oxygen atoms in total. The van der Waals surface area contributed by atoms with Crippen LogP contribution in [0.1, 0.15) is 6.42 Å². The van der Waals surface area contributed by atoms with Crippen molar-refractivity contribution >= 4 is 20.9 Å². The van der Waals surface area contributed by atoms with Gasteiger partial charge in [0.1, 0.15) is 5.75 Å². The molecule has 1 aromatic heterocycles. The Balaban J connectivity index is 2.05. The maximum Gasteiger partial charge on any atom is 0.268 e. The van der Waals surface area contributed by atoms with Gasteiger partial charge in [0.15, 0.2) is 0 Å². The molecule has 6 heteroatoms. The Bertz CT molecular complexity index is 902. The van der Waals surface area contributed by atoms with Gasteiger partial charge in [-0.2, -0.15) is 0 Å². The van der Waals surface area contributed by atoms with Crippen molar-refractivity contribution in [3.63, 3.8) is 0 Å². The summed E-state index contributed by atoms with van der Waals surface area (Å²) in [7, 11) is -3.62. The molecule has 23 heavy (non-hydrogen) atoms. The molecule has 0 saturated carbocycles. The van der Waals surface area contributed by atoms with Crippen LogP contribution in [0.25, 0.3) is 10.9 Å². The van der Waals surface area contributed by atoms with Gasteiger partial charge < -0.3 is 10.5 Å². The van der Waals surface area contributed by atoms with E-state index in [4.69, 9.17) is 10.5 Å². The molecule has 2 aromatic carbocycles. The van der Waals surface area contributed by atoms with Crippen LogP contribution in [-0.4, -0.2) is 25.5 Å². The Hall–Kier alpha value is -2.31. The van der Waals surface area contributed by atoms with Gasteiger partial charge in [-0.1, -0.05) is 24.3 Å². The lowest BCUT2D eigenvalue weighted by Crippen LogP contribution is -2.11. The van der Waals surface area contributed by atoms with Crippen molar-refractivity contribution in [3.8, 4) is 5.75 Å². The van der Waals surface area contributed by atoms with Crippen LogP contribution in [0.5, 0.6) is 5.75 Å². The standard InChI is InChI=1S/C17H18N2O3S/c18-11-5-13-22-17-9-4-8-16-15(17)10-12-19(16)23(20,21)14-6-2-1-3-7-14/h1-4,6-10,12H,5,11,13,18H2. The highest BCUT2D eigenvalue weighted by molar-refractivity contribution is 7.90. The summed E-state index contributed by atoms with van der Waals surface area (Å²) in [6, 6.07) is 15.5. The Kier molecular flexibility index (Phi) is 4.36. The molecule has 0 unspecified atom stereocenters. The van der Waals surface area contributed by atoms with Crippen LogP contribution in [0.3, 0.4) is 0 Å². The van der Waals surface area contributed by atoms with Crippen LogP contribution in [0, 0.1) is 0 Å². The summed E-state index contributed by atoms with van der Waals surface area (Å²) in [6.45, 7) is 1.06. The summed E-state index contributed by atoms with van der Waals surface area (Å²) in [4.78, 5) is 0.256. The molecular formula is C17H18N2O3S. The molecule has 0 saturated heterocycles. The van der Waals surface area contributed by atoms with E-state index in [9.17, 15) is 8.42 Å². The van der Waals surface area contributed by atoms with Crippen molar-refractivity contribution in [2.24, 2.45) is 5.73 Å². The molecule has 0 aliphatic heterocycles. The zero-order valence-electron chi connectivity index (χ0n) is 12.6. The van der Waals surface area contributed by atoms with E-state index in [-0.39, 0.29) is 4.90 Å². The molecule has 0 aliphatic carbocycles. The van der Waals surface area contributed by atoms with E-state index in [0.29, 0.717) is 24.4 Å². The zero-order valence-corrected chi connectivity index (χ0v) is 13.4. The number of nitrogens with zero attached hydrogens (tertiary/aromatic N) is 1. The molecule has 120 valence electrons. The largest absolute Gasteiger partial charge is 0.493 e. The van der Waals surface area contributed by atoms with E-state index in [2.05, 4.69) is 0 Å². The molecule has 0 spiro atoms. The normalized spacial score (nSPS) is 11.7. The second kappa shape index (κ2) is 6.44. The van der Waals surface area contributed by atoms with Crippen LogP contribution < -0.4 is 10.5 Å². The van der Waals surface area contributed by atoms with E-state index < -0.39 is 10.0 Å². The van der Waals surface area contributed by atoms with Crippen LogP contribution in [0.15, 0.2) is 65.7 Å². The summed E-state index contributed by atoms with van der Waals surface area (Å²) in [5.41, 5.74) is 6.06. The quantitative estimate of drug-likeness (QED) is 0.705. The predicted octanol–water partition coefficient (Wildman–Crippen LogP) is 2.61. The van der Waals surface area contributed by atoms with Crippen LogP contribution in [0.4, 0.5) is 0 Å². The van der Waals surface area contributed by atoms with Gasteiger partial charge in [-0.05, 0) is 43.3 Å². The van der Waals surface area contributed by atoms with Gasteiger partial charge in [0, 0.05) is 11.6 Å². The first-order valence-corrected chi connectivity index (χ1v) is 8.82. The van der Waals surface area contributed by atoms with Gasteiger partial charge in [0.2, 0.25) is 0 Å². The van der Waals surface area contributed by atoms with Gasteiger partial charge >= 0.3 is 0 Å². The van der Waals surface area contributed by atoms with Crippen molar-refractivity contribution in [1.82, 2.24) is 3.97 Å². The highest BCUT2D eigenvalue weighted by atomic mass is 32.2. The number of ether oxygens (including phenoxy) is 1. The number of hydrogen-bond donors (Lipinski definition) is 1. The fraction of sp³-hybridized carbons (Fsp3) is 0.176. The Labute approximate surface area is 135 Å². The third-order valence-electron chi connectivity index (χ3n) is 3.56. The van der Waals surface area contributed by atoms with Crippen molar-refractivity contribution in [2.75, 3.05) is 13.2 Å². The highest BCUT2D eigenvalue weighted by Crippen LogP contribution is 2.29. The maximum atomic E-state index is 12.8. The van der Waals surface area contributed by atoms with E-state index in [0.717, 1.165) is 11.8 Å². The molecule has 0 aliphatic rings. The average Bonchev–Trinajstić information content (AvgIpc) is 3.01. The van der Waals surface area contributed by atoms with E-state index in [1.165, 1.54) is 3.97 Å². The highest BCUT2D eigenvalue weighted by Gasteiger charge is 2.19. The van der Waals surface area contributed by atoms with Gasteiger partial charge in [-0.25, -0.2) is 12.4 Å². The van der Waals surface area contributed by atoms with Gasteiger partial charge in [-0.15, -0.1) is 0 Å². The minimum atomic E-state index is -3.62. The smallest absolute Gasteiger partial charge is 0.268 e. The number of fused-ring (bicyclic) bond motifs is 1. The Morgan fingerprint density at radius 2 is 1.78 bits per heavy atom. The Morgan fingerprint density at radius 3 is 2.52 bits per heavy atom. The molecule has 0 amide bonds. The molecule has 2 N–H and O–H groups in total. The maximum absolute atomic E-state index is 12.8. The molecule has 0 atom stereocenters. The molecular weight excluding hydrogens is 312 g/mol. The molecule has 0 bridgehead atoms. The SMILES string of the molecule is NCCCOc1cccc2c1ccn2S(=O)(=O)c1ccccc1. The Morgan fingerprint density at radius 1 is 1.00 bits per heavy atom. The van der Waals surface area contributed by atoms with Crippen molar-refractivity contribution in [2.45, 2.75) is 11.3 Å². The lowest BCUT2D eigenvalue weighted by molar-refractivity contribution is 0.317. The van der Waals surface area contributed by atoms with Crippen LogP contribution >= 0.6 is 0 Å². The minimum Gasteiger partial charge on any atom is -0.493 e. The van der Waals surface area contributed by atoms with Crippen LogP contribution in [-0.2, 0) is 10.0 Å².